The molecule has 0 saturated carbocycles. The number of rotatable bonds is 4. The molecule has 134 valence electrons. The highest BCUT2D eigenvalue weighted by molar-refractivity contribution is 6.25. The topological polar surface area (TPSA) is 78.5 Å². The van der Waals surface area contributed by atoms with Gasteiger partial charge >= 0.3 is 6.03 Å². The van der Waals surface area contributed by atoms with E-state index in [2.05, 4.69) is 10.6 Å². The molecule has 0 unspecified atom stereocenters. The van der Waals surface area contributed by atoms with Crippen molar-refractivity contribution in [2.45, 2.75) is 0 Å². The maximum atomic E-state index is 12.8. The van der Waals surface area contributed by atoms with Gasteiger partial charge in [-0.3, -0.25) is 14.5 Å². The average Bonchev–Trinajstić information content (AvgIpc) is 2.69. The van der Waals surface area contributed by atoms with Crippen molar-refractivity contribution in [1.82, 2.24) is 10.2 Å². The summed E-state index contributed by atoms with van der Waals surface area (Å²) in [5, 5.41) is 6.93. The highest BCUT2D eigenvalue weighted by atomic mass is 16.2. The third kappa shape index (κ3) is 3.13. The third-order valence-electron chi connectivity index (χ3n) is 4.51. The number of urea groups is 1. The molecule has 0 aromatic heterocycles. The van der Waals surface area contributed by atoms with Crippen molar-refractivity contribution in [3.05, 3.63) is 77.9 Å². The van der Waals surface area contributed by atoms with Gasteiger partial charge in [-0.1, -0.05) is 42.5 Å². The Kier molecular flexibility index (Phi) is 4.30. The second kappa shape index (κ2) is 6.92. The zero-order valence-corrected chi connectivity index (χ0v) is 14.4. The maximum absolute atomic E-state index is 12.8. The predicted molar refractivity (Wildman–Crippen MR) is 103 cm³/mol. The van der Waals surface area contributed by atoms with E-state index in [0.29, 0.717) is 22.2 Å². The molecule has 0 spiro atoms. The lowest BCUT2D eigenvalue weighted by molar-refractivity contribution is 0.0612. The van der Waals surface area contributed by atoms with Crippen LogP contribution in [0.25, 0.3) is 10.8 Å². The Morgan fingerprint density at radius 1 is 0.815 bits per heavy atom. The molecule has 0 fully saturated rings. The van der Waals surface area contributed by atoms with Crippen LogP contribution in [0.3, 0.4) is 0 Å². The van der Waals surface area contributed by atoms with Crippen molar-refractivity contribution in [3.8, 4) is 0 Å². The number of nitrogens with one attached hydrogen (secondary N) is 2. The van der Waals surface area contributed by atoms with Gasteiger partial charge in [0.2, 0.25) is 0 Å². The zero-order valence-electron chi connectivity index (χ0n) is 14.4. The lowest BCUT2D eigenvalue weighted by Gasteiger charge is -2.27. The van der Waals surface area contributed by atoms with Crippen LogP contribution in [0.2, 0.25) is 0 Å². The fourth-order valence-corrected chi connectivity index (χ4v) is 3.26. The van der Waals surface area contributed by atoms with Crippen LogP contribution in [0.15, 0.2) is 66.7 Å². The van der Waals surface area contributed by atoms with Gasteiger partial charge in [-0.25, -0.2) is 4.79 Å². The van der Waals surface area contributed by atoms with Crippen molar-refractivity contribution in [2.75, 3.05) is 18.4 Å². The largest absolute Gasteiger partial charge is 0.336 e. The lowest BCUT2D eigenvalue weighted by atomic mass is 9.94. The fraction of sp³-hybridized carbons (Fsp3) is 0.0952. The Hall–Kier alpha value is -3.67. The van der Waals surface area contributed by atoms with E-state index in [1.807, 2.05) is 30.3 Å². The molecule has 3 aromatic rings. The van der Waals surface area contributed by atoms with Crippen molar-refractivity contribution in [1.29, 1.82) is 0 Å². The number of para-hydroxylation sites is 1. The van der Waals surface area contributed by atoms with Crippen molar-refractivity contribution < 1.29 is 14.4 Å². The van der Waals surface area contributed by atoms with Crippen molar-refractivity contribution in [2.24, 2.45) is 0 Å². The molecule has 0 saturated heterocycles. The zero-order chi connectivity index (χ0) is 18.8. The minimum Gasteiger partial charge on any atom is -0.336 e. The van der Waals surface area contributed by atoms with Crippen LogP contribution < -0.4 is 10.6 Å². The highest BCUT2D eigenvalue weighted by Gasteiger charge is 2.32. The SMILES string of the molecule is O=C(NCCN1C(=O)c2cccc3cccc(c23)C1=O)Nc1ccccc1. The summed E-state index contributed by atoms with van der Waals surface area (Å²) in [5.74, 6) is -0.677. The summed E-state index contributed by atoms with van der Waals surface area (Å²) in [6.07, 6.45) is 0. The molecule has 3 aromatic carbocycles. The number of benzene rings is 3. The van der Waals surface area contributed by atoms with Crippen LogP contribution in [-0.2, 0) is 0 Å². The van der Waals surface area contributed by atoms with Gasteiger partial charge in [0, 0.05) is 35.3 Å². The summed E-state index contributed by atoms with van der Waals surface area (Å²) in [6, 6.07) is 19.5. The van der Waals surface area contributed by atoms with Crippen LogP contribution in [0.5, 0.6) is 0 Å². The Bertz CT molecular complexity index is 996. The standard InChI is InChI=1S/C21H17N3O3/c25-19-16-10-4-6-14-7-5-11-17(18(14)16)20(26)24(19)13-12-22-21(27)23-15-8-2-1-3-9-15/h1-11H,12-13H2,(H2,22,23,27). The molecule has 4 amide bonds. The predicted octanol–water partition coefficient (Wildman–Crippen LogP) is 3.26. The summed E-state index contributed by atoms with van der Waals surface area (Å²) < 4.78 is 0. The summed E-state index contributed by atoms with van der Waals surface area (Å²) in [7, 11) is 0. The monoisotopic (exact) mass is 359 g/mol. The molecule has 0 atom stereocenters. The normalized spacial score (nSPS) is 13.0. The van der Waals surface area contributed by atoms with Gasteiger partial charge in [0.05, 0.1) is 0 Å². The number of hydrogen-bond acceptors (Lipinski definition) is 3. The van der Waals surface area contributed by atoms with E-state index < -0.39 is 0 Å². The third-order valence-corrected chi connectivity index (χ3v) is 4.51. The first-order chi connectivity index (χ1) is 13.1. The molecule has 0 aliphatic carbocycles. The van der Waals surface area contributed by atoms with Crippen LogP contribution in [0.1, 0.15) is 20.7 Å². The Morgan fingerprint density at radius 2 is 1.44 bits per heavy atom. The summed E-state index contributed by atoms with van der Waals surface area (Å²) >= 11 is 0. The molecule has 0 bridgehead atoms. The summed E-state index contributed by atoms with van der Waals surface area (Å²) in [6.45, 7) is 0.263. The quantitative estimate of drug-likeness (QED) is 0.702. The van der Waals surface area contributed by atoms with E-state index in [4.69, 9.17) is 0 Å². The number of anilines is 1. The van der Waals surface area contributed by atoms with Crippen LogP contribution in [0.4, 0.5) is 10.5 Å². The molecule has 1 aliphatic rings. The molecule has 27 heavy (non-hydrogen) atoms. The van der Waals surface area contributed by atoms with E-state index >= 15 is 0 Å². The summed E-state index contributed by atoms with van der Waals surface area (Å²) in [5.41, 5.74) is 1.69. The number of amides is 4. The maximum Gasteiger partial charge on any atom is 0.319 e. The van der Waals surface area contributed by atoms with Gasteiger partial charge in [0.25, 0.3) is 11.8 Å². The van der Waals surface area contributed by atoms with E-state index in [-0.39, 0.29) is 30.9 Å². The van der Waals surface area contributed by atoms with Gasteiger partial charge in [-0.2, -0.15) is 0 Å². The van der Waals surface area contributed by atoms with Crippen molar-refractivity contribution in [3.63, 3.8) is 0 Å². The minimum absolute atomic E-state index is 0.102. The molecule has 2 N–H and O–H groups in total. The number of hydrogen-bond donors (Lipinski definition) is 2. The van der Waals surface area contributed by atoms with Gasteiger partial charge in [-0.15, -0.1) is 0 Å². The Labute approximate surface area is 155 Å². The highest BCUT2D eigenvalue weighted by Crippen LogP contribution is 2.29. The molecule has 4 rings (SSSR count). The van der Waals surface area contributed by atoms with E-state index in [1.165, 1.54) is 4.90 Å². The molecular formula is C21H17N3O3. The van der Waals surface area contributed by atoms with Crippen LogP contribution in [-0.4, -0.2) is 35.8 Å². The summed E-state index contributed by atoms with van der Waals surface area (Å²) in [4.78, 5) is 38.7. The van der Waals surface area contributed by atoms with Gasteiger partial charge in [-0.05, 0) is 29.7 Å². The second-order valence-corrected chi connectivity index (χ2v) is 6.22. The lowest BCUT2D eigenvalue weighted by Crippen LogP contribution is -2.45. The minimum atomic E-state index is -0.388. The van der Waals surface area contributed by atoms with E-state index in [9.17, 15) is 14.4 Å². The Balaban J connectivity index is 1.45. The van der Waals surface area contributed by atoms with Crippen LogP contribution >= 0.6 is 0 Å². The number of carbonyl (C=O) groups is 3. The van der Waals surface area contributed by atoms with E-state index in [1.54, 1.807) is 36.4 Å². The Morgan fingerprint density at radius 3 is 2.07 bits per heavy atom. The number of imide groups is 1. The number of nitrogens with zero attached hydrogens (tertiary/aromatic N) is 1. The first-order valence-electron chi connectivity index (χ1n) is 8.63. The molecule has 6 nitrogen and oxygen atoms in total. The fourth-order valence-electron chi connectivity index (χ4n) is 3.26. The first kappa shape index (κ1) is 16.8. The van der Waals surface area contributed by atoms with E-state index in [0.717, 1.165) is 5.39 Å². The molecule has 1 aliphatic heterocycles. The average molecular weight is 359 g/mol. The smallest absolute Gasteiger partial charge is 0.319 e. The molecular weight excluding hydrogens is 342 g/mol. The first-order valence-corrected chi connectivity index (χ1v) is 8.63. The second-order valence-electron chi connectivity index (χ2n) is 6.22. The molecule has 0 radical (unpaired) electrons. The van der Waals surface area contributed by atoms with Gasteiger partial charge < -0.3 is 10.6 Å². The van der Waals surface area contributed by atoms with Crippen LogP contribution in [0, 0.1) is 0 Å². The van der Waals surface area contributed by atoms with Gasteiger partial charge in [0.15, 0.2) is 0 Å². The molecule has 6 heteroatoms. The number of carbonyl (C=O) groups excluding carboxylic acids is 3. The van der Waals surface area contributed by atoms with Gasteiger partial charge in [0.1, 0.15) is 0 Å². The molecule has 1 heterocycles. The van der Waals surface area contributed by atoms with Crippen molar-refractivity contribution >= 4 is 34.3 Å².